The Morgan fingerprint density at radius 2 is 2.00 bits per heavy atom. The normalized spacial score (nSPS) is 9.79. The van der Waals surface area contributed by atoms with Gasteiger partial charge in [-0.1, -0.05) is 6.07 Å². The molecule has 0 spiro atoms. The molecule has 0 radical (unpaired) electrons. The van der Waals surface area contributed by atoms with E-state index in [9.17, 15) is 18.8 Å². The van der Waals surface area contributed by atoms with Crippen LogP contribution in [-0.4, -0.2) is 29.4 Å². The molecule has 102 valence electrons. The SMILES string of the molecule is CC(=O)NCCC(=O)Nc1c(F)cccc1C(=O)O. The number of hydrogen-bond donors (Lipinski definition) is 3. The van der Waals surface area contributed by atoms with Gasteiger partial charge < -0.3 is 15.7 Å². The lowest BCUT2D eigenvalue weighted by Crippen LogP contribution is -2.26. The Bertz CT molecular complexity index is 516. The number of anilines is 1. The molecule has 7 heteroatoms. The van der Waals surface area contributed by atoms with Crippen molar-refractivity contribution in [2.24, 2.45) is 0 Å². The fraction of sp³-hybridized carbons (Fsp3) is 0.250. The molecule has 0 aliphatic rings. The van der Waals surface area contributed by atoms with E-state index >= 15 is 0 Å². The van der Waals surface area contributed by atoms with Crippen LogP contribution in [0.15, 0.2) is 18.2 Å². The number of carboxylic acid groups (broad SMARTS) is 1. The zero-order chi connectivity index (χ0) is 14.4. The number of aromatic carboxylic acids is 1. The first-order valence-electron chi connectivity index (χ1n) is 5.48. The summed E-state index contributed by atoms with van der Waals surface area (Å²) in [6.45, 7) is 1.40. The third-order valence-electron chi connectivity index (χ3n) is 2.23. The molecule has 0 unspecified atom stereocenters. The molecule has 1 rings (SSSR count). The molecule has 0 aliphatic heterocycles. The van der Waals surface area contributed by atoms with Crippen LogP contribution in [0.25, 0.3) is 0 Å². The molecule has 0 fully saturated rings. The number of para-hydroxylation sites is 1. The summed E-state index contributed by atoms with van der Waals surface area (Å²) in [5.74, 6) is -3.03. The van der Waals surface area contributed by atoms with E-state index in [2.05, 4.69) is 10.6 Å². The summed E-state index contributed by atoms with van der Waals surface area (Å²) in [6.07, 6.45) is -0.0764. The molecule has 0 saturated carbocycles. The number of carboxylic acids is 1. The largest absolute Gasteiger partial charge is 0.478 e. The Hall–Kier alpha value is -2.44. The monoisotopic (exact) mass is 268 g/mol. The van der Waals surface area contributed by atoms with Gasteiger partial charge in [-0.3, -0.25) is 9.59 Å². The second-order valence-electron chi connectivity index (χ2n) is 3.75. The van der Waals surface area contributed by atoms with Crippen molar-refractivity contribution in [2.75, 3.05) is 11.9 Å². The highest BCUT2D eigenvalue weighted by Crippen LogP contribution is 2.19. The van der Waals surface area contributed by atoms with Gasteiger partial charge in [0.05, 0.1) is 11.3 Å². The Labute approximate surface area is 108 Å². The van der Waals surface area contributed by atoms with Gasteiger partial charge in [0.2, 0.25) is 11.8 Å². The minimum atomic E-state index is -1.34. The van der Waals surface area contributed by atoms with Crippen molar-refractivity contribution in [2.45, 2.75) is 13.3 Å². The molecule has 2 amide bonds. The number of nitrogens with one attached hydrogen (secondary N) is 2. The minimum Gasteiger partial charge on any atom is -0.478 e. The molecule has 0 aliphatic carbocycles. The van der Waals surface area contributed by atoms with Crippen LogP contribution in [0.5, 0.6) is 0 Å². The van der Waals surface area contributed by atoms with Crippen LogP contribution in [0.1, 0.15) is 23.7 Å². The highest BCUT2D eigenvalue weighted by molar-refractivity contribution is 6.00. The van der Waals surface area contributed by atoms with E-state index in [0.29, 0.717) is 0 Å². The van der Waals surface area contributed by atoms with Crippen LogP contribution < -0.4 is 10.6 Å². The molecule has 6 nitrogen and oxygen atoms in total. The molecule has 0 atom stereocenters. The first-order valence-corrected chi connectivity index (χ1v) is 5.48. The highest BCUT2D eigenvalue weighted by Gasteiger charge is 2.16. The van der Waals surface area contributed by atoms with Gasteiger partial charge in [0, 0.05) is 19.9 Å². The maximum absolute atomic E-state index is 13.5. The average Bonchev–Trinajstić information content (AvgIpc) is 2.30. The summed E-state index contributed by atoms with van der Waals surface area (Å²) in [4.78, 5) is 33.0. The van der Waals surface area contributed by atoms with Crippen LogP contribution in [-0.2, 0) is 9.59 Å². The van der Waals surface area contributed by atoms with E-state index in [0.717, 1.165) is 6.07 Å². The Kier molecular flexibility index (Phi) is 4.99. The van der Waals surface area contributed by atoms with E-state index in [4.69, 9.17) is 5.11 Å². The van der Waals surface area contributed by atoms with Crippen LogP contribution >= 0.6 is 0 Å². The summed E-state index contributed by atoms with van der Waals surface area (Å²) < 4.78 is 13.5. The smallest absolute Gasteiger partial charge is 0.337 e. The molecular weight excluding hydrogens is 255 g/mol. The first kappa shape index (κ1) is 14.6. The molecule has 19 heavy (non-hydrogen) atoms. The summed E-state index contributed by atoms with van der Waals surface area (Å²) in [5, 5.41) is 13.5. The fourth-order valence-corrected chi connectivity index (χ4v) is 1.38. The second kappa shape index (κ2) is 6.48. The van der Waals surface area contributed by atoms with Gasteiger partial charge in [-0.2, -0.15) is 0 Å². The van der Waals surface area contributed by atoms with Gasteiger partial charge in [-0.15, -0.1) is 0 Å². The third-order valence-corrected chi connectivity index (χ3v) is 2.23. The Balaban J connectivity index is 2.73. The van der Waals surface area contributed by atoms with Crippen molar-refractivity contribution < 1.29 is 23.9 Å². The van der Waals surface area contributed by atoms with Crippen molar-refractivity contribution in [1.82, 2.24) is 5.32 Å². The van der Waals surface area contributed by atoms with Gasteiger partial charge in [0.15, 0.2) is 0 Å². The van der Waals surface area contributed by atoms with Gasteiger partial charge in [-0.05, 0) is 12.1 Å². The highest BCUT2D eigenvalue weighted by atomic mass is 19.1. The number of hydrogen-bond acceptors (Lipinski definition) is 3. The van der Waals surface area contributed by atoms with Crippen LogP contribution in [0.2, 0.25) is 0 Å². The molecule has 0 aromatic heterocycles. The predicted octanol–water partition coefficient (Wildman–Crippen LogP) is 0.989. The number of amides is 2. The van der Waals surface area contributed by atoms with Crippen molar-refractivity contribution in [3.8, 4) is 0 Å². The lowest BCUT2D eigenvalue weighted by molar-refractivity contribution is -0.119. The lowest BCUT2D eigenvalue weighted by Gasteiger charge is -2.09. The number of halogens is 1. The summed E-state index contributed by atoms with van der Waals surface area (Å²) in [6, 6.07) is 3.48. The fourth-order valence-electron chi connectivity index (χ4n) is 1.38. The Morgan fingerprint density at radius 1 is 1.32 bits per heavy atom. The molecule has 1 aromatic carbocycles. The van der Waals surface area contributed by atoms with Crippen LogP contribution in [0, 0.1) is 5.82 Å². The topological polar surface area (TPSA) is 95.5 Å². The minimum absolute atomic E-state index is 0.0764. The van der Waals surface area contributed by atoms with Crippen molar-refractivity contribution in [3.63, 3.8) is 0 Å². The van der Waals surface area contributed by atoms with Gasteiger partial charge in [-0.25, -0.2) is 9.18 Å². The van der Waals surface area contributed by atoms with Crippen LogP contribution in [0.4, 0.5) is 10.1 Å². The van der Waals surface area contributed by atoms with E-state index in [1.807, 2.05) is 0 Å². The molecule has 1 aromatic rings. The number of carbonyl (C=O) groups excluding carboxylic acids is 2. The zero-order valence-electron chi connectivity index (χ0n) is 10.2. The van der Waals surface area contributed by atoms with Gasteiger partial charge >= 0.3 is 5.97 Å². The summed E-state index contributed by atoms with van der Waals surface area (Å²) in [5.41, 5.74) is -0.698. The van der Waals surface area contributed by atoms with Gasteiger partial charge in [0.1, 0.15) is 5.82 Å². The number of carbonyl (C=O) groups is 3. The van der Waals surface area contributed by atoms with Crippen molar-refractivity contribution in [3.05, 3.63) is 29.6 Å². The maximum Gasteiger partial charge on any atom is 0.337 e. The Morgan fingerprint density at radius 3 is 2.58 bits per heavy atom. The second-order valence-corrected chi connectivity index (χ2v) is 3.75. The van der Waals surface area contributed by atoms with Gasteiger partial charge in [0.25, 0.3) is 0 Å². The van der Waals surface area contributed by atoms with E-state index in [-0.39, 0.29) is 30.1 Å². The maximum atomic E-state index is 13.5. The lowest BCUT2D eigenvalue weighted by atomic mass is 10.1. The quantitative estimate of drug-likeness (QED) is 0.742. The van der Waals surface area contributed by atoms with E-state index in [1.165, 1.54) is 19.1 Å². The molecule has 0 saturated heterocycles. The average molecular weight is 268 g/mol. The standard InChI is InChI=1S/C12H13FN2O4/c1-7(16)14-6-5-10(17)15-11-8(12(18)19)3-2-4-9(11)13/h2-4H,5-6H2,1H3,(H,14,16)(H,15,17)(H,18,19). The summed E-state index contributed by atoms with van der Waals surface area (Å²) >= 11 is 0. The molecule has 3 N–H and O–H groups in total. The number of benzene rings is 1. The summed E-state index contributed by atoms with van der Waals surface area (Å²) in [7, 11) is 0. The van der Waals surface area contributed by atoms with Crippen molar-refractivity contribution >= 4 is 23.5 Å². The van der Waals surface area contributed by atoms with E-state index < -0.39 is 17.7 Å². The number of rotatable bonds is 5. The zero-order valence-corrected chi connectivity index (χ0v) is 10.2. The van der Waals surface area contributed by atoms with E-state index in [1.54, 1.807) is 0 Å². The third kappa shape index (κ3) is 4.38. The van der Waals surface area contributed by atoms with Crippen LogP contribution in [0.3, 0.4) is 0 Å². The first-order chi connectivity index (χ1) is 8.91. The molecule has 0 bridgehead atoms. The molecule has 0 heterocycles. The van der Waals surface area contributed by atoms with Crippen molar-refractivity contribution in [1.29, 1.82) is 0 Å². The predicted molar refractivity (Wildman–Crippen MR) is 65.3 cm³/mol. The molecular formula is C12H13FN2O4.